The third-order valence-electron chi connectivity index (χ3n) is 5.22. The number of amides is 1. The highest BCUT2D eigenvalue weighted by Crippen LogP contribution is 2.22. The van der Waals surface area contributed by atoms with Crippen molar-refractivity contribution < 1.29 is 26.4 Å². The van der Waals surface area contributed by atoms with E-state index in [0.29, 0.717) is 35.7 Å². The van der Waals surface area contributed by atoms with E-state index in [2.05, 4.69) is 10.0 Å². The Kier molecular flexibility index (Phi) is 7.98. The fraction of sp³-hybridized carbons (Fsp3) is 0.409. The van der Waals surface area contributed by atoms with Crippen LogP contribution in [-0.4, -0.2) is 59.5 Å². The summed E-state index contributed by atoms with van der Waals surface area (Å²) in [5.41, 5.74) is 1.45. The number of carbonyl (C=O) groups excluding carboxylic acids is 1. The molecule has 3 rings (SSSR count). The molecule has 2 aromatic rings. The molecule has 33 heavy (non-hydrogen) atoms. The number of rotatable bonds is 9. The van der Waals surface area contributed by atoms with Crippen molar-refractivity contribution in [3.8, 4) is 5.75 Å². The molecule has 9 nitrogen and oxygen atoms in total. The van der Waals surface area contributed by atoms with E-state index < -0.39 is 20.0 Å². The molecule has 2 N–H and O–H groups in total. The molecule has 0 bridgehead atoms. The van der Waals surface area contributed by atoms with Gasteiger partial charge >= 0.3 is 0 Å². The number of hydrogen-bond donors (Lipinski definition) is 2. The lowest BCUT2D eigenvalue weighted by molar-refractivity contribution is 0.0947. The van der Waals surface area contributed by atoms with Crippen LogP contribution in [0.5, 0.6) is 5.75 Å². The van der Waals surface area contributed by atoms with Crippen LogP contribution in [0.25, 0.3) is 0 Å². The summed E-state index contributed by atoms with van der Waals surface area (Å²) in [4.78, 5) is 12.6. The van der Waals surface area contributed by atoms with E-state index in [-0.39, 0.29) is 24.0 Å². The number of sulfonamides is 2. The van der Waals surface area contributed by atoms with Gasteiger partial charge in [0.2, 0.25) is 20.0 Å². The van der Waals surface area contributed by atoms with Crippen molar-refractivity contribution in [1.29, 1.82) is 0 Å². The van der Waals surface area contributed by atoms with Crippen molar-refractivity contribution in [3.05, 3.63) is 53.6 Å². The summed E-state index contributed by atoms with van der Waals surface area (Å²) in [6, 6.07) is 11.0. The molecule has 0 saturated carbocycles. The number of benzene rings is 2. The molecule has 1 fully saturated rings. The van der Waals surface area contributed by atoms with Crippen LogP contribution >= 0.6 is 0 Å². The van der Waals surface area contributed by atoms with Crippen LogP contribution in [0, 0.1) is 6.92 Å². The topological polar surface area (TPSA) is 122 Å². The maximum absolute atomic E-state index is 12.7. The average Bonchev–Trinajstić information content (AvgIpc) is 2.78. The van der Waals surface area contributed by atoms with Gasteiger partial charge in [-0.15, -0.1) is 0 Å². The first kappa shape index (κ1) is 25.0. The second kappa shape index (κ2) is 10.5. The van der Waals surface area contributed by atoms with E-state index >= 15 is 0 Å². The summed E-state index contributed by atoms with van der Waals surface area (Å²) in [5.74, 6) is 0.199. The first-order valence-corrected chi connectivity index (χ1v) is 14.0. The van der Waals surface area contributed by atoms with Gasteiger partial charge in [0.25, 0.3) is 5.91 Å². The molecular weight excluding hydrogens is 466 g/mol. The van der Waals surface area contributed by atoms with E-state index in [9.17, 15) is 21.6 Å². The monoisotopic (exact) mass is 495 g/mol. The van der Waals surface area contributed by atoms with Gasteiger partial charge in [0.1, 0.15) is 12.4 Å². The van der Waals surface area contributed by atoms with Gasteiger partial charge in [0, 0.05) is 18.7 Å². The third-order valence-corrected chi connectivity index (χ3v) is 7.72. The number of ether oxygens (including phenoxy) is 1. The van der Waals surface area contributed by atoms with Crippen LogP contribution in [-0.2, 0) is 20.0 Å². The Labute approximate surface area is 195 Å². The zero-order valence-electron chi connectivity index (χ0n) is 18.7. The highest BCUT2D eigenvalue weighted by Gasteiger charge is 2.25. The second-order valence-electron chi connectivity index (χ2n) is 7.94. The summed E-state index contributed by atoms with van der Waals surface area (Å²) >= 11 is 0. The number of nitrogens with zero attached hydrogens (tertiary/aromatic N) is 1. The molecule has 2 aromatic carbocycles. The molecular formula is C22H29N3O6S2. The van der Waals surface area contributed by atoms with Crippen LogP contribution in [0.4, 0.5) is 5.69 Å². The summed E-state index contributed by atoms with van der Waals surface area (Å²) in [7, 11) is -6.88. The van der Waals surface area contributed by atoms with Gasteiger partial charge in [-0.1, -0.05) is 6.42 Å². The largest absolute Gasteiger partial charge is 0.492 e. The number of anilines is 1. The predicted octanol–water partition coefficient (Wildman–Crippen LogP) is 2.35. The van der Waals surface area contributed by atoms with Crippen molar-refractivity contribution in [2.75, 3.05) is 37.2 Å². The molecule has 1 aliphatic heterocycles. The summed E-state index contributed by atoms with van der Waals surface area (Å²) in [5, 5.41) is 2.74. The van der Waals surface area contributed by atoms with E-state index in [1.807, 2.05) is 0 Å². The first-order valence-electron chi connectivity index (χ1n) is 10.7. The van der Waals surface area contributed by atoms with Crippen molar-refractivity contribution in [1.82, 2.24) is 9.62 Å². The highest BCUT2D eigenvalue weighted by molar-refractivity contribution is 7.92. The molecule has 0 atom stereocenters. The molecule has 1 amide bonds. The maximum Gasteiger partial charge on any atom is 0.251 e. The molecule has 1 aliphatic rings. The van der Waals surface area contributed by atoms with Crippen LogP contribution < -0.4 is 14.8 Å². The Morgan fingerprint density at radius 1 is 1.00 bits per heavy atom. The molecule has 0 aliphatic carbocycles. The number of carbonyl (C=O) groups is 1. The van der Waals surface area contributed by atoms with Gasteiger partial charge < -0.3 is 10.1 Å². The van der Waals surface area contributed by atoms with Crippen LogP contribution in [0.1, 0.15) is 35.2 Å². The van der Waals surface area contributed by atoms with Crippen LogP contribution in [0.3, 0.4) is 0 Å². The second-order valence-corrected chi connectivity index (χ2v) is 11.6. The van der Waals surface area contributed by atoms with Gasteiger partial charge in [-0.2, -0.15) is 4.31 Å². The Morgan fingerprint density at radius 2 is 1.67 bits per heavy atom. The molecule has 180 valence electrons. The molecule has 0 aromatic heterocycles. The molecule has 1 heterocycles. The standard InChI is InChI=1S/C22H29N3O6S2/c1-17-16-18(6-11-21(17)24-32(2,27)28)22(26)23-12-15-31-19-7-9-20(10-8-19)33(29,30)25-13-4-3-5-14-25/h6-11,16,24H,3-5,12-15H2,1-2H3,(H,23,26). The summed E-state index contributed by atoms with van der Waals surface area (Å²) in [6.07, 6.45) is 3.88. The predicted molar refractivity (Wildman–Crippen MR) is 127 cm³/mol. The van der Waals surface area contributed by atoms with Gasteiger partial charge in [0.15, 0.2) is 0 Å². The summed E-state index contributed by atoms with van der Waals surface area (Å²) in [6.45, 7) is 3.27. The van der Waals surface area contributed by atoms with Gasteiger partial charge in [-0.25, -0.2) is 16.8 Å². The van der Waals surface area contributed by atoms with Crippen LogP contribution in [0.2, 0.25) is 0 Å². The smallest absolute Gasteiger partial charge is 0.251 e. The number of aryl methyl sites for hydroxylation is 1. The minimum Gasteiger partial charge on any atom is -0.492 e. The zero-order valence-corrected chi connectivity index (χ0v) is 20.3. The van der Waals surface area contributed by atoms with Gasteiger partial charge in [-0.05, 0) is 67.8 Å². The lowest BCUT2D eigenvalue weighted by Crippen LogP contribution is -2.35. The Hall–Kier alpha value is -2.63. The molecule has 11 heteroatoms. The minimum atomic E-state index is -3.48. The Bertz CT molecular complexity index is 1190. The number of nitrogens with one attached hydrogen (secondary N) is 2. The zero-order chi connectivity index (χ0) is 24.1. The van der Waals surface area contributed by atoms with Crippen molar-refractivity contribution in [2.45, 2.75) is 31.1 Å². The average molecular weight is 496 g/mol. The normalized spacial score (nSPS) is 15.1. The number of piperidine rings is 1. The Balaban J connectivity index is 1.49. The van der Waals surface area contributed by atoms with Crippen molar-refractivity contribution >= 4 is 31.6 Å². The van der Waals surface area contributed by atoms with Crippen molar-refractivity contribution in [3.63, 3.8) is 0 Å². The SMILES string of the molecule is Cc1cc(C(=O)NCCOc2ccc(S(=O)(=O)N3CCCCC3)cc2)ccc1NS(C)(=O)=O. The van der Waals surface area contributed by atoms with E-state index in [1.54, 1.807) is 31.2 Å². The fourth-order valence-corrected chi connectivity index (χ4v) is 5.66. The molecule has 0 radical (unpaired) electrons. The lowest BCUT2D eigenvalue weighted by Gasteiger charge is -2.25. The first-order chi connectivity index (χ1) is 15.6. The third kappa shape index (κ3) is 6.92. The quantitative estimate of drug-likeness (QED) is 0.515. The molecule has 0 spiro atoms. The minimum absolute atomic E-state index is 0.205. The van der Waals surface area contributed by atoms with Gasteiger partial charge in [-0.3, -0.25) is 9.52 Å². The Morgan fingerprint density at radius 3 is 2.27 bits per heavy atom. The van der Waals surface area contributed by atoms with E-state index in [1.165, 1.54) is 22.5 Å². The highest BCUT2D eigenvalue weighted by atomic mass is 32.2. The van der Waals surface area contributed by atoms with Crippen LogP contribution in [0.15, 0.2) is 47.4 Å². The summed E-state index contributed by atoms with van der Waals surface area (Å²) < 4.78 is 57.6. The lowest BCUT2D eigenvalue weighted by atomic mass is 10.1. The molecule has 0 unspecified atom stereocenters. The van der Waals surface area contributed by atoms with E-state index in [4.69, 9.17) is 4.74 Å². The maximum atomic E-state index is 12.7. The van der Waals surface area contributed by atoms with E-state index in [0.717, 1.165) is 25.5 Å². The van der Waals surface area contributed by atoms with Gasteiger partial charge in [0.05, 0.1) is 23.4 Å². The van der Waals surface area contributed by atoms with Crippen molar-refractivity contribution in [2.24, 2.45) is 0 Å². The molecule has 1 saturated heterocycles. The number of hydrogen-bond acceptors (Lipinski definition) is 6. The fourth-order valence-electron chi connectivity index (χ4n) is 3.52.